The number of pyridine rings is 1. The maximum absolute atomic E-state index is 12.4. The van der Waals surface area contributed by atoms with E-state index in [2.05, 4.69) is 20.3 Å². The number of nitrogens with one attached hydrogen (secondary N) is 1. The third kappa shape index (κ3) is 4.50. The van der Waals surface area contributed by atoms with Gasteiger partial charge in [0.1, 0.15) is 5.69 Å². The molecule has 0 bridgehead atoms. The van der Waals surface area contributed by atoms with Crippen LogP contribution in [0.3, 0.4) is 0 Å². The van der Waals surface area contributed by atoms with Crippen molar-refractivity contribution < 1.29 is 9.59 Å². The topological polar surface area (TPSA) is 114 Å². The van der Waals surface area contributed by atoms with Gasteiger partial charge in [-0.1, -0.05) is 18.2 Å². The number of carbonyl (C=O) groups is 2. The first-order valence-corrected chi connectivity index (χ1v) is 8.17. The first kappa shape index (κ1) is 18.2. The van der Waals surface area contributed by atoms with Crippen LogP contribution in [0.5, 0.6) is 0 Å². The summed E-state index contributed by atoms with van der Waals surface area (Å²) in [6, 6.07) is 10.6. The van der Waals surface area contributed by atoms with Crippen molar-refractivity contribution in [3.8, 4) is 11.3 Å². The molecule has 0 unspecified atom stereocenters. The summed E-state index contributed by atoms with van der Waals surface area (Å²) in [6.07, 6.45) is 6.25. The van der Waals surface area contributed by atoms with Crippen LogP contribution in [-0.4, -0.2) is 38.8 Å². The molecular formula is C19H18N6O2. The largest absolute Gasteiger partial charge is 0.348 e. The monoisotopic (exact) mass is 362 g/mol. The predicted molar refractivity (Wildman–Crippen MR) is 99.2 cm³/mol. The van der Waals surface area contributed by atoms with Gasteiger partial charge in [-0.15, -0.1) is 0 Å². The number of benzene rings is 1. The number of hydrazine groups is 1. The molecule has 0 aliphatic rings. The number of amides is 2. The van der Waals surface area contributed by atoms with Crippen molar-refractivity contribution in [1.29, 1.82) is 0 Å². The minimum absolute atomic E-state index is 0.129. The first-order chi connectivity index (χ1) is 13.0. The second kappa shape index (κ2) is 8.15. The molecule has 0 spiro atoms. The van der Waals surface area contributed by atoms with Gasteiger partial charge in [-0.2, -0.15) is 0 Å². The highest BCUT2D eigenvalue weighted by molar-refractivity contribution is 5.95. The molecule has 2 amide bonds. The van der Waals surface area contributed by atoms with Crippen molar-refractivity contribution in [1.82, 2.24) is 25.3 Å². The van der Waals surface area contributed by atoms with Crippen LogP contribution in [-0.2, 0) is 6.54 Å². The fourth-order valence-electron chi connectivity index (χ4n) is 2.40. The molecular weight excluding hydrogens is 344 g/mol. The van der Waals surface area contributed by atoms with Gasteiger partial charge in [0.05, 0.1) is 18.1 Å². The van der Waals surface area contributed by atoms with Crippen molar-refractivity contribution in [3.63, 3.8) is 0 Å². The predicted octanol–water partition coefficient (Wildman–Crippen LogP) is 1.41. The van der Waals surface area contributed by atoms with Gasteiger partial charge < -0.3 is 5.32 Å². The number of hydrogen-bond acceptors (Lipinski definition) is 6. The molecule has 0 fully saturated rings. The summed E-state index contributed by atoms with van der Waals surface area (Å²) >= 11 is 0. The maximum Gasteiger partial charge on any atom is 0.287 e. The van der Waals surface area contributed by atoms with Gasteiger partial charge in [-0.25, -0.2) is 10.8 Å². The van der Waals surface area contributed by atoms with E-state index in [0.29, 0.717) is 23.4 Å². The quantitative estimate of drug-likeness (QED) is 0.403. The average molecular weight is 362 g/mol. The van der Waals surface area contributed by atoms with Gasteiger partial charge in [-0.3, -0.25) is 24.6 Å². The Labute approximate surface area is 156 Å². The van der Waals surface area contributed by atoms with Crippen LogP contribution in [0.2, 0.25) is 0 Å². The third-order valence-electron chi connectivity index (χ3n) is 3.77. The molecule has 0 aliphatic carbocycles. The molecule has 0 atom stereocenters. The third-order valence-corrected chi connectivity index (χ3v) is 3.77. The van der Waals surface area contributed by atoms with E-state index >= 15 is 0 Å². The van der Waals surface area contributed by atoms with Gasteiger partial charge in [0.2, 0.25) is 0 Å². The summed E-state index contributed by atoms with van der Waals surface area (Å²) in [5.74, 6) is 4.79. The summed E-state index contributed by atoms with van der Waals surface area (Å²) in [4.78, 5) is 36.7. The summed E-state index contributed by atoms with van der Waals surface area (Å²) in [5.41, 5.74) is 2.66. The number of rotatable bonds is 5. The highest BCUT2D eigenvalue weighted by Crippen LogP contribution is 2.18. The normalized spacial score (nSPS) is 10.3. The van der Waals surface area contributed by atoms with Gasteiger partial charge in [0.15, 0.2) is 0 Å². The zero-order chi connectivity index (χ0) is 19.2. The number of nitrogens with zero attached hydrogens (tertiary/aromatic N) is 4. The van der Waals surface area contributed by atoms with E-state index in [9.17, 15) is 9.59 Å². The van der Waals surface area contributed by atoms with E-state index in [0.717, 1.165) is 10.6 Å². The van der Waals surface area contributed by atoms with Crippen molar-refractivity contribution in [2.24, 2.45) is 5.84 Å². The summed E-state index contributed by atoms with van der Waals surface area (Å²) in [7, 11) is 1.43. The fourth-order valence-corrected chi connectivity index (χ4v) is 2.40. The Bertz CT molecular complexity index is 959. The molecule has 0 radical (unpaired) electrons. The van der Waals surface area contributed by atoms with E-state index in [4.69, 9.17) is 5.84 Å². The standard InChI is InChI=1S/C19H18N6O2/c1-25(20)19(27)17-12-22-11-16(24-17)14-5-2-6-15(8-14)18(26)23-10-13-4-3-7-21-9-13/h2-9,11-12H,10,20H2,1H3,(H,23,26). The Hall–Kier alpha value is -3.65. The highest BCUT2D eigenvalue weighted by Gasteiger charge is 2.13. The Morgan fingerprint density at radius 3 is 2.70 bits per heavy atom. The van der Waals surface area contributed by atoms with E-state index < -0.39 is 5.91 Å². The van der Waals surface area contributed by atoms with Crippen LogP contribution in [0, 0.1) is 0 Å². The van der Waals surface area contributed by atoms with E-state index in [1.165, 1.54) is 19.4 Å². The lowest BCUT2D eigenvalue weighted by Gasteiger charge is -2.10. The van der Waals surface area contributed by atoms with Gasteiger partial charge in [0, 0.05) is 37.1 Å². The molecule has 8 nitrogen and oxygen atoms in total. The average Bonchev–Trinajstić information content (AvgIpc) is 2.72. The number of aromatic nitrogens is 3. The second-order valence-corrected chi connectivity index (χ2v) is 5.83. The Balaban J connectivity index is 1.78. The first-order valence-electron chi connectivity index (χ1n) is 8.17. The molecule has 2 aromatic heterocycles. The summed E-state index contributed by atoms with van der Waals surface area (Å²) in [6.45, 7) is 0.379. The molecule has 1 aromatic carbocycles. The van der Waals surface area contributed by atoms with E-state index in [1.807, 2.05) is 12.1 Å². The van der Waals surface area contributed by atoms with Crippen molar-refractivity contribution in [2.45, 2.75) is 6.54 Å². The van der Waals surface area contributed by atoms with Crippen molar-refractivity contribution in [3.05, 3.63) is 78.0 Å². The molecule has 8 heteroatoms. The molecule has 27 heavy (non-hydrogen) atoms. The Morgan fingerprint density at radius 1 is 1.11 bits per heavy atom. The Morgan fingerprint density at radius 2 is 1.96 bits per heavy atom. The lowest BCUT2D eigenvalue weighted by Crippen LogP contribution is -2.33. The van der Waals surface area contributed by atoms with Crippen LogP contribution in [0.1, 0.15) is 26.4 Å². The highest BCUT2D eigenvalue weighted by atomic mass is 16.2. The van der Waals surface area contributed by atoms with Gasteiger partial charge >= 0.3 is 0 Å². The minimum Gasteiger partial charge on any atom is -0.348 e. The van der Waals surface area contributed by atoms with Crippen LogP contribution in [0.4, 0.5) is 0 Å². The summed E-state index contributed by atoms with van der Waals surface area (Å²) in [5, 5.41) is 3.79. The van der Waals surface area contributed by atoms with E-state index in [1.54, 1.807) is 36.7 Å². The van der Waals surface area contributed by atoms with Crippen LogP contribution in [0.25, 0.3) is 11.3 Å². The number of carbonyl (C=O) groups excluding carboxylic acids is 2. The zero-order valence-electron chi connectivity index (χ0n) is 14.7. The molecule has 136 valence electrons. The van der Waals surface area contributed by atoms with Crippen molar-refractivity contribution in [2.75, 3.05) is 7.05 Å². The molecule has 2 heterocycles. The minimum atomic E-state index is -0.449. The number of hydrogen-bond donors (Lipinski definition) is 2. The smallest absolute Gasteiger partial charge is 0.287 e. The number of nitrogens with two attached hydrogens (primary N) is 1. The van der Waals surface area contributed by atoms with Gasteiger partial charge in [-0.05, 0) is 23.8 Å². The SMILES string of the molecule is CN(N)C(=O)c1cncc(-c2cccc(C(=O)NCc3cccnc3)c2)n1. The van der Waals surface area contributed by atoms with Crippen molar-refractivity contribution >= 4 is 11.8 Å². The zero-order valence-corrected chi connectivity index (χ0v) is 14.7. The van der Waals surface area contributed by atoms with E-state index in [-0.39, 0.29) is 11.6 Å². The molecule has 0 saturated carbocycles. The summed E-state index contributed by atoms with van der Waals surface area (Å²) < 4.78 is 0. The van der Waals surface area contributed by atoms with Gasteiger partial charge in [0.25, 0.3) is 11.8 Å². The molecule has 0 saturated heterocycles. The lowest BCUT2D eigenvalue weighted by molar-refractivity contribution is 0.0788. The Kier molecular flexibility index (Phi) is 5.48. The molecule has 0 aliphatic heterocycles. The second-order valence-electron chi connectivity index (χ2n) is 5.83. The van der Waals surface area contributed by atoms with Crippen LogP contribution >= 0.6 is 0 Å². The molecule has 3 N–H and O–H groups in total. The van der Waals surface area contributed by atoms with Crippen LogP contribution < -0.4 is 11.2 Å². The molecule has 3 aromatic rings. The lowest BCUT2D eigenvalue weighted by atomic mass is 10.1. The fraction of sp³-hybridized carbons (Fsp3) is 0.105. The maximum atomic E-state index is 12.4. The van der Waals surface area contributed by atoms with Crippen LogP contribution in [0.15, 0.2) is 61.2 Å². The molecule has 3 rings (SSSR count).